The molecule has 0 aromatic heterocycles. The normalized spacial score (nSPS) is 25.6. The molecule has 0 fully saturated rings. The molecule has 1 aromatic carbocycles. The molecule has 0 heterocycles. The van der Waals surface area contributed by atoms with E-state index in [9.17, 15) is 36.9 Å². The first-order valence-corrected chi connectivity index (χ1v) is 19.7. The van der Waals surface area contributed by atoms with Gasteiger partial charge in [0, 0.05) is 0 Å². The van der Waals surface area contributed by atoms with Gasteiger partial charge >= 0.3 is 20.5 Å². The molecule has 0 spiro atoms. The third kappa shape index (κ3) is 10.2. The molecule has 12 heteroatoms. The first kappa shape index (κ1) is 40.4. The monoisotopic (exact) mass is 712 g/mol. The number of aliphatic hydroxyl groups is 2. The maximum Gasteiger partial charge on any atom is 0.446 e. The average molecular weight is 713 g/mol. The number of aliphatic hydroxyl groups excluding tert-OH is 1. The van der Waals surface area contributed by atoms with Gasteiger partial charge < -0.3 is 14.4 Å². The van der Waals surface area contributed by atoms with E-state index in [-0.39, 0.29) is 34.0 Å². The highest BCUT2D eigenvalue weighted by molar-refractivity contribution is 7.86. The standard InChI is InChI=1S/C36H56O10S2/c1-25(2)11-8-12-26(3)13-9-21-36(7,38)33(37)19-22-34(5)20-10-14-31-30(34)17-15-27(4)35(31,6)24-28-23-29(45-48(42,43)44)16-18-32(28)47(40,41)46-39/h11,13,16,18,23,27,33,37-39H,8-10,12,14-15,17,19-22,24H2,1-7H3,(H,42,43,44)/b26-13+/t27-,33?,34-,35+,36?/m0/s1. The Morgan fingerprint density at radius 2 is 1.77 bits per heavy atom. The van der Waals surface area contributed by atoms with E-state index in [0.717, 1.165) is 57.1 Å². The number of benzene rings is 1. The smallest absolute Gasteiger partial charge is 0.390 e. The largest absolute Gasteiger partial charge is 0.446 e. The van der Waals surface area contributed by atoms with E-state index in [1.54, 1.807) is 6.92 Å². The van der Waals surface area contributed by atoms with Gasteiger partial charge in [0.05, 0.1) is 16.6 Å². The zero-order chi connectivity index (χ0) is 36.1. The fourth-order valence-electron chi connectivity index (χ4n) is 7.72. The summed E-state index contributed by atoms with van der Waals surface area (Å²) >= 11 is 0. The summed E-state index contributed by atoms with van der Waals surface area (Å²) in [6.45, 7) is 14.4. The van der Waals surface area contributed by atoms with Gasteiger partial charge in [-0.2, -0.15) is 16.8 Å². The minimum Gasteiger partial charge on any atom is -0.390 e. The zero-order valence-electron chi connectivity index (χ0n) is 29.6. The summed E-state index contributed by atoms with van der Waals surface area (Å²) in [5.41, 5.74) is 3.27. The van der Waals surface area contributed by atoms with E-state index in [4.69, 9.17) is 0 Å². The second kappa shape index (κ2) is 15.9. The third-order valence-electron chi connectivity index (χ3n) is 10.9. The lowest BCUT2D eigenvalue weighted by Gasteiger charge is -2.51. The van der Waals surface area contributed by atoms with Crippen LogP contribution in [0.1, 0.15) is 125 Å². The Labute approximate surface area is 288 Å². The summed E-state index contributed by atoms with van der Waals surface area (Å²) in [6.07, 6.45) is 12.2. The topological polar surface area (TPSA) is 168 Å². The van der Waals surface area contributed by atoms with Gasteiger partial charge in [0.25, 0.3) is 0 Å². The van der Waals surface area contributed by atoms with Gasteiger partial charge in [0.2, 0.25) is 0 Å². The molecule has 0 saturated carbocycles. The molecule has 2 aliphatic rings. The van der Waals surface area contributed by atoms with Crippen molar-refractivity contribution >= 4 is 20.5 Å². The minimum atomic E-state index is -4.86. The van der Waals surface area contributed by atoms with Crippen molar-refractivity contribution in [2.75, 3.05) is 0 Å². The highest BCUT2D eigenvalue weighted by Gasteiger charge is 2.47. The Hall–Kier alpha value is -2.06. The number of hydrogen-bond acceptors (Lipinski definition) is 9. The van der Waals surface area contributed by atoms with Crippen molar-refractivity contribution in [3.8, 4) is 5.75 Å². The Kier molecular flexibility index (Phi) is 13.3. The van der Waals surface area contributed by atoms with Crippen LogP contribution in [0, 0.1) is 16.7 Å². The van der Waals surface area contributed by atoms with Crippen LogP contribution in [0.5, 0.6) is 5.75 Å². The van der Waals surface area contributed by atoms with Crippen molar-refractivity contribution in [3.05, 3.63) is 58.2 Å². The lowest BCUT2D eigenvalue weighted by molar-refractivity contribution is -0.130. The molecule has 0 bridgehead atoms. The maximum absolute atomic E-state index is 12.7. The highest BCUT2D eigenvalue weighted by Crippen LogP contribution is 2.58. The fourth-order valence-corrected chi connectivity index (χ4v) is 8.83. The van der Waals surface area contributed by atoms with Crippen LogP contribution in [0.25, 0.3) is 0 Å². The maximum atomic E-state index is 12.7. The quantitative estimate of drug-likeness (QED) is 0.0573. The number of allylic oxidation sites excluding steroid dienone is 6. The predicted molar refractivity (Wildman–Crippen MR) is 186 cm³/mol. The lowest BCUT2D eigenvalue weighted by Crippen LogP contribution is -2.42. The number of rotatable bonds is 16. The van der Waals surface area contributed by atoms with Crippen molar-refractivity contribution in [3.63, 3.8) is 0 Å². The molecule has 1 aromatic rings. The van der Waals surface area contributed by atoms with Gasteiger partial charge in [-0.3, -0.25) is 4.55 Å². The molecule has 2 unspecified atom stereocenters. The molecule has 10 nitrogen and oxygen atoms in total. The van der Waals surface area contributed by atoms with Crippen LogP contribution >= 0.6 is 0 Å². The van der Waals surface area contributed by atoms with Crippen LogP contribution in [-0.4, -0.2) is 48.6 Å². The summed E-state index contributed by atoms with van der Waals surface area (Å²) in [7, 11) is -9.44. The first-order valence-electron chi connectivity index (χ1n) is 16.9. The van der Waals surface area contributed by atoms with Gasteiger partial charge in [-0.1, -0.05) is 55.2 Å². The van der Waals surface area contributed by atoms with Crippen LogP contribution in [0.15, 0.2) is 57.5 Å². The first-order chi connectivity index (χ1) is 22.1. The molecule has 0 amide bonds. The zero-order valence-corrected chi connectivity index (χ0v) is 31.2. The molecule has 0 radical (unpaired) electrons. The fraction of sp³-hybridized carbons (Fsp3) is 0.667. The SMILES string of the molecule is CC(C)=CCC/C(C)=C/CCC(C)(O)C(O)CC[C@]1(C)CCCC2=C1CC[C@H](C)[C@@]2(C)Cc1cc(OS(=O)(=O)O)ccc1S(=O)(=O)OO. The number of hydrogen-bond donors (Lipinski definition) is 4. The minimum absolute atomic E-state index is 0.125. The Bertz CT molecular complexity index is 1600. The van der Waals surface area contributed by atoms with E-state index in [2.05, 4.69) is 62.2 Å². The van der Waals surface area contributed by atoms with Crippen molar-refractivity contribution < 1.29 is 45.4 Å². The second-order valence-electron chi connectivity index (χ2n) is 15.0. The van der Waals surface area contributed by atoms with Crippen LogP contribution in [0.3, 0.4) is 0 Å². The summed E-state index contributed by atoms with van der Waals surface area (Å²) in [5.74, 6) is -0.144. The van der Waals surface area contributed by atoms with Crippen molar-refractivity contribution in [2.24, 2.45) is 16.7 Å². The Morgan fingerprint density at radius 3 is 2.40 bits per heavy atom. The van der Waals surface area contributed by atoms with Gasteiger partial charge in [0.1, 0.15) is 5.75 Å². The molecule has 272 valence electrons. The molecular formula is C36H56O10S2. The molecule has 4 N–H and O–H groups in total. The molecule has 5 atom stereocenters. The molecule has 3 rings (SSSR count). The summed E-state index contributed by atoms with van der Waals surface area (Å²) in [6, 6.07) is 3.40. The van der Waals surface area contributed by atoms with Gasteiger partial charge in [-0.25, -0.2) is 5.26 Å². The van der Waals surface area contributed by atoms with Crippen LogP contribution in [0.4, 0.5) is 0 Å². The van der Waals surface area contributed by atoms with Crippen LogP contribution < -0.4 is 4.18 Å². The lowest BCUT2D eigenvalue weighted by atomic mass is 9.54. The summed E-state index contributed by atoms with van der Waals surface area (Å²) in [4.78, 5) is -0.323. The van der Waals surface area contributed by atoms with Gasteiger partial charge in [0.15, 0.2) is 0 Å². The van der Waals surface area contributed by atoms with Crippen LogP contribution in [0.2, 0.25) is 0 Å². The summed E-state index contributed by atoms with van der Waals surface area (Å²) in [5, 5.41) is 31.6. The van der Waals surface area contributed by atoms with Crippen molar-refractivity contribution in [1.29, 1.82) is 0 Å². The molecule has 0 aliphatic heterocycles. The second-order valence-corrected chi connectivity index (χ2v) is 17.6. The van der Waals surface area contributed by atoms with Crippen molar-refractivity contribution in [1.82, 2.24) is 0 Å². The van der Waals surface area contributed by atoms with Crippen molar-refractivity contribution in [2.45, 2.75) is 142 Å². The van der Waals surface area contributed by atoms with Gasteiger partial charge in [-0.05, 0) is 145 Å². The van der Waals surface area contributed by atoms with E-state index in [1.165, 1.54) is 28.4 Å². The van der Waals surface area contributed by atoms with E-state index in [1.807, 2.05) is 0 Å². The predicted octanol–water partition coefficient (Wildman–Crippen LogP) is 7.88. The molecule has 0 saturated heterocycles. The average Bonchev–Trinajstić information content (AvgIpc) is 2.97. The van der Waals surface area contributed by atoms with E-state index < -0.39 is 37.6 Å². The van der Waals surface area contributed by atoms with Gasteiger partial charge in [-0.15, -0.1) is 4.33 Å². The summed E-state index contributed by atoms with van der Waals surface area (Å²) < 4.78 is 65.9. The molecule has 2 aliphatic carbocycles. The highest BCUT2D eigenvalue weighted by atomic mass is 32.3. The third-order valence-corrected chi connectivity index (χ3v) is 12.5. The van der Waals surface area contributed by atoms with Crippen LogP contribution in [-0.2, 0) is 31.3 Å². The molecule has 48 heavy (non-hydrogen) atoms. The Morgan fingerprint density at radius 1 is 1.08 bits per heavy atom. The van der Waals surface area contributed by atoms with E-state index >= 15 is 0 Å². The van der Waals surface area contributed by atoms with E-state index in [0.29, 0.717) is 25.7 Å². The molecular weight excluding hydrogens is 657 g/mol. The Balaban J connectivity index is 1.86.